The van der Waals surface area contributed by atoms with Crippen LogP contribution < -0.4 is 22.1 Å². The first kappa shape index (κ1) is 11.0. The summed E-state index contributed by atoms with van der Waals surface area (Å²) < 4.78 is 0. The Morgan fingerprint density at radius 2 is 2.13 bits per heavy atom. The van der Waals surface area contributed by atoms with Gasteiger partial charge in [0.15, 0.2) is 0 Å². The maximum Gasteiger partial charge on any atom is 0.223 e. The van der Waals surface area contributed by atoms with E-state index in [0.29, 0.717) is 18.2 Å². The van der Waals surface area contributed by atoms with E-state index >= 15 is 0 Å². The van der Waals surface area contributed by atoms with Crippen LogP contribution in [0.25, 0.3) is 0 Å². The Hall–Kier alpha value is -2.05. The highest BCUT2D eigenvalue weighted by molar-refractivity contribution is 5.74. The van der Waals surface area contributed by atoms with Crippen LogP contribution in [-0.4, -0.2) is 29.5 Å². The number of nitrogens with zero attached hydrogens (tertiary/aromatic N) is 2. The summed E-state index contributed by atoms with van der Waals surface area (Å²) in [5.74, 6) is 0.985. The molecule has 7 heteroatoms. The highest BCUT2D eigenvalue weighted by atomic mass is 16.1. The number of rotatable bonds is 5. The van der Waals surface area contributed by atoms with Gasteiger partial charge in [0.2, 0.25) is 11.9 Å². The van der Waals surface area contributed by atoms with E-state index in [1.165, 1.54) is 0 Å². The molecule has 0 bridgehead atoms. The lowest BCUT2D eigenvalue weighted by atomic mass is 10.4. The number of hydrogen-bond donors (Lipinski definition) is 4. The minimum absolute atomic E-state index is 0.170. The SMILES string of the molecule is CNc1cc(NCCC(N)=O)nc(N)n1. The number of carbonyl (C=O) groups excluding carboxylic acids is 1. The van der Waals surface area contributed by atoms with Gasteiger partial charge in [-0.15, -0.1) is 0 Å². The van der Waals surface area contributed by atoms with Crippen LogP contribution in [0.1, 0.15) is 6.42 Å². The van der Waals surface area contributed by atoms with Crippen molar-refractivity contribution in [2.45, 2.75) is 6.42 Å². The molecule has 0 aliphatic heterocycles. The van der Waals surface area contributed by atoms with Crippen LogP contribution >= 0.6 is 0 Å². The fraction of sp³-hybridized carbons (Fsp3) is 0.375. The lowest BCUT2D eigenvalue weighted by Crippen LogP contribution is -2.16. The smallest absolute Gasteiger partial charge is 0.223 e. The molecule has 0 aliphatic carbocycles. The minimum Gasteiger partial charge on any atom is -0.373 e. The molecule has 0 aromatic carbocycles. The number of amides is 1. The molecule has 6 N–H and O–H groups in total. The number of hydrogen-bond acceptors (Lipinski definition) is 6. The summed E-state index contributed by atoms with van der Waals surface area (Å²) in [5.41, 5.74) is 10.5. The molecule has 1 amide bonds. The number of anilines is 3. The fourth-order valence-electron chi connectivity index (χ4n) is 0.998. The zero-order valence-corrected chi connectivity index (χ0v) is 8.45. The van der Waals surface area contributed by atoms with Gasteiger partial charge in [-0.2, -0.15) is 9.97 Å². The molecule has 1 aromatic rings. The number of aromatic nitrogens is 2. The summed E-state index contributed by atoms with van der Waals surface area (Å²) in [6.45, 7) is 0.426. The van der Waals surface area contributed by atoms with Crippen LogP contribution in [0.5, 0.6) is 0 Å². The molecular formula is C8H14N6O. The first-order valence-corrected chi connectivity index (χ1v) is 4.46. The molecule has 0 spiro atoms. The van der Waals surface area contributed by atoms with E-state index in [4.69, 9.17) is 11.5 Å². The third kappa shape index (κ3) is 3.67. The maximum absolute atomic E-state index is 10.5. The topological polar surface area (TPSA) is 119 Å². The monoisotopic (exact) mass is 210 g/mol. The van der Waals surface area contributed by atoms with Gasteiger partial charge in [0.25, 0.3) is 0 Å². The summed E-state index contributed by atoms with van der Waals surface area (Å²) >= 11 is 0. The summed E-state index contributed by atoms with van der Waals surface area (Å²) in [6.07, 6.45) is 0.249. The maximum atomic E-state index is 10.5. The van der Waals surface area contributed by atoms with Crippen molar-refractivity contribution < 1.29 is 4.79 Å². The van der Waals surface area contributed by atoms with Gasteiger partial charge in [0.1, 0.15) is 11.6 Å². The summed E-state index contributed by atoms with van der Waals surface area (Å²) in [6, 6.07) is 1.69. The summed E-state index contributed by atoms with van der Waals surface area (Å²) in [7, 11) is 1.73. The van der Waals surface area contributed by atoms with Crippen LogP contribution in [0.3, 0.4) is 0 Å². The Morgan fingerprint density at radius 1 is 1.47 bits per heavy atom. The van der Waals surface area contributed by atoms with Crippen molar-refractivity contribution >= 4 is 23.5 Å². The molecule has 7 nitrogen and oxygen atoms in total. The van der Waals surface area contributed by atoms with Crippen molar-refractivity contribution in [3.63, 3.8) is 0 Å². The second kappa shape index (κ2) is 4.99. The van der Waals surface area contributed by atoms with Crippen molar-refractivity contribution in [3.8, 4) is 0 Å². The molecule has 1 heterocycles. The predicted octanol–water partition coefficient (Wildman–Crippen LogP) is -0.612. The van der Waals surface area contributed by atoms with Crippen molar-refractivity contribution in [1.29, 1.82) is 0 Å². The zero-order valence-electron chi connectivity index (χ0n) is 8.45. The highest BCUT2D eigenvalue weighted by Crippen LogP contribution is 2.11. The second-order valence-electron chi connectivity index (χ2n) is 2.89. The lowest BCUT2D eigenvalue weighted by Gasteiger charge is -2.06. The van der Waals surface area contributed by atoms with Gasteiger partial charge in [-0.1, -0.05) is 0 Å². The standard InChI is InChI=1S/C8H14N6O/c1-11-6-4-7(14-8(10)13-6)12-3-2-5(9)15/h4H,2-3H2,1H3,(H2,9,15)(H4,10,11,12,13,14). The number of carbonyl (C=O) groups is 1. The Balaban J connectivity index is 2.60. The van der Waals surface area contributed by atoms with Crippen LogP contribution in [0.4, 0.5) is 17.6 Å². The van der Waals surface area contributed by atoms with Gasteiger partial charge < -0.3 is 22.1 Å². The Bertz CT molecular complexity index is 353. The lowest BCUT2D eigenvalue weighted by molar-refractivity contribution is -0.117. The first-order valence-electron chi connectivity index (χ1n) is 4.46. The van der Waals surface area contributed by atoms with Gasteiger partial charge in [0.05, 0.1) is 0 Å². The highest BCUT2D eigenvalue weighted by Gasteiger charge is 2.01. The van der Waals surface area contributed by atoms with Crippen LogP contribution in [0.2, 0.25) is 0 Å². The molecule has 0 fully saturated rings. The quantitative estimate of drug-likeness (QED) is 0.514. The minimum atomic E-state index is -0.363. The molecule has 0 saturated carbocycles. The molecule has 1 rings (SSSR count). The number of primary amides is 1. The molecule has 0 aliphatic rings. The predicted molar refractivity (Wildman–Crippen MR) is 58.3 cm³/mol. The van der Waals surface area contributed by atoms with Crippen LogP contribution in [0, 0.1) is 0 Å². The molecule has 15 heavy (non-hydrogen) atoms. The van der Waals surface area contributed by atoms with E-state index in [-0.39, 0.29) is 18.3 Å². The van der Waals surface area contributed by atoms with Crippen LogP contribution in [-0.2, 0) is 4.79 Å². The molecule has 0 radical (unpaired) electrons. The zero-order chi connectivity index (χ0) is 11.3. The van der Waals surface area contributed by atoms with E-state index < -0.39 is 0 Å². The average Bonchev–Trinajstić information content (AvgIpc) is 2.16. The average molecular weight is 210 g/mol. The van der Waals surface area contributed by atoms with Crippen molar-refractivity contribution in [2.24, 2.45) is 5.73 Å². The third-order valence-electron chi connectivity index (χ3n) is 1.68. The fourth-order valence-corrected chi connectivity index (χ4v) is 0.998. The van der Waals surface area contributed by atoms with Gasteiger partial charge in [0, 0.05) is 26.1 Å². The normalized spacial score (nSPS) is 9.67. The van der Waals surface area contributed by atoms with Gasteiger partial charge in [-0.25, -0.2) is 0 Å². The molecular weight excluding hydrogens is 196 g/mol. The van der Waals surface area contributed by atoms with Gasteiger partial charge in [-0.3, -0.25) is 4.79 Å². The molecule has 0 saturated heterocycles. The summed E-state index contributed by atoms with van der Waals surface area (Å²) in [4.78, 5) is 18.4. The Labute approximate surface area is 87.3 Å². The molecule has 0 unspecified atom stereocenters. The van der Waals surface area contributed by atoms with E-state index in [1.807, 2.05) is 0 Å². The molecule has 0 atom stereocenters. The van der Waals surface area contributed by atoms with Crippen molar-refractivity contribution in [3.05, 3.63) is 6.07 Å². The van der Waals surface area contributed by atoms with Crippen molar-refractivity contribution in [1.82, 2.24) is 9.97 Å². The molecule has 82 valence electrons. The van der Waals surface area contributed by atoms with Gasteiger partial charge in [-0.05, 0) is 0 Å². The van der Waals surface area contributed by atoms with Crippen molar-refractivity contribution in [2.75, 3.05) is 30.0 Å². The van der Waals surface area contributed by atoms with Gasteiger partial charge >= 0.3 is 0 Å². The van der Waals surface area contributed by atoms with E-state index in [2.05, 4.69) is 20.6 Å². The largest absolute Gasteiger partial charge is 0.373 e. The van der Waals surface area contributed by atoms with E-state index in [9.17, 15) is 4.79 Å². The number of nitrogens with two attached hydrogens (primary N) is 2. The molecule has 1 aromatic heterocycles. The Morgan fingerprint density at radius 3 is 2.73 bits per heavy atom. The second-order valence-corrected chi connectivity index (χ2v) is 2.89. The third-order valence-corrected chi connectivity index (χ3v) is 1.68. The van der Waals surface area contributed by atoms with E-state index in [1.54, 1.807) is 13.1 Å². The van der Waals surface area contributed by atoms with Crippen LogP contribution in [0.15, 0.2) is 6.07 Å². The first-order chi connectivity index (χ1) is 7.11. The summed E-state index contributed by atoms with van der Waals surface area (Å²) in [5, 5.41) is 5.76. The number of nitrogen functional groups attached to an aromatic ring is 1. The van der Waals surface area contributed by atoms with E-state index in [0.717, 1.165) is 0 Å². The Kier molecular flexibility index (Phi) is 3.67. The number of nitrogens with one attached hydrogen (secondary N) is 2.